The number of benzene rings is 1. The predicted molar refractivity (Wildman–Crippen MR) is 97.8 cm³/mol. The normalized spacial score (nSPS) is 14.6. The second kappa shape index (κ2) is 9.39. The summed E-state index contributed by atoms with van der Waals surface area (Å²) in [7, 11) is 0. The topological polar surface area (TPSA) is 49.9 Å². The fourth-order valence-electron chi connectivity index (χ4n) is 2.36. The van der Waals surface area contributed by atoms with Crippen LogP contribution >= 0.6 is 35.0 Å². The highest BCUT2D eigenvalue weighted by Crippen LogP contribution is 2.28. The smallest absolute Gasteiger partial charge is 0.409 e. The molecule has 1 aliphatic heterocycles. The highest BCUT2D eigenvalue weighted by atomic mass is 35.5. The van der Waals surface area contributed by atoms with Crippen LogP contribution in [0.4, 0.5) is 4.79 Å². The van der Waals surface area contributed by atoms with Crippen LogP contribution < -0.4 is 0 Å². The first-order valence-corrected chi connectivity index (χ1v) is 9.64. The molecule has 0 aliphatic carbocycles. The minimum absolute atomic E-state index is 0.0617. The van der Waals surface area contributed by atoms with Gasteiger partial charge in [0.05, 0.1) is 12.4 Å². The average Bonchev–Trinajstić information content (AvgIpc) is 2.57. The van der Waals surface area contributed by atoms with Gasteiger partial charge in [0.25, 0.3) is 0 Å². The van der Waals surface area contributed by atoms with E-state index < -0.39 is 0 Å². The van der Waals surface area contributed by atoms with Gasteiger partial charge < -0.3 is 14.5 Å². The van der Waals surface area contributed by atoms with Gasteiger partial charge in [-0.2, -0.15) is 0 Å². The van der Waals surface area contributed by atoms with Crippen molar-refractivity contribution >= 4 is 47.0 Å². The third kappa shape index (κ3) is 5.19. The molecule has 132 valence electrons. The number of piperazine rings is 1. The lowest BCUT2D eigenvalue weighted by molar-refractivity contribution is -0.129. The molecule has 1 saturated heterocycles. The molecule has 5 nitrogen and oxygen atoms in total. The van der Waals surface area contributed by atoms with Crippen LogP contribution in [-0.2, 0) is 15.3 Å². The Morgan fingerprint density at radius 3 is 2.29 bits per heavy atom. The molecule has 1 aromatic rings. The van der Waals surface area contributed by atoms with Crippen LogP contribution in [0.2, 0.25) is 10.0 Å². The lowest BCUT2D eigenvalue weighted by atomic mass is 10.2. The van der Waals surface area contributed by atoms with Gasteiger partial charge in [-0.1, -0.05) is 29.3 Å². The number of halogens is 2. The summed E-state index contributed by atoms with van der Waals surface area (Å²) in [4.78, 5) is 27.3. The van der Waals surface area contributed by atoms with Crippen molar-refractivity contribution in [1.82, 2.24) is 9.80 Å². The number of hydrogen-bond donors (Lipinski definition) is 0. The van der Waals surface area contributed by atoms with E-state index in [1.807, 2.05) is 0 Å². The monoisotopic (exact) mass is 390 g/mol. The van der Waals surface area contributed by atoms with Gasteiger partial charge in [0.2, 0.25) is 5.91 Å². The zero-order valence-electron chi connectivity index (χ0n) is 13.5. The Balaban J connectivity index is 1.75. The molecule has 0 spiro atoms. The fraction of sp³-hybridized carbons (Fsp3) is 0.500. The summed E-state index contributed by atoms with van der Waals surface area (Å²) in [5, 5.41) is 1.23. The largest absolute Gasteiger partial charge is 0.450 e. The van der Waals surface area contributed by atoms with E-state index in [1.165, 1.54) is 11.8 Å². The Kier molecular flexibility index (Phi) is 7.52. The average molecular weight is 391 g/mol. The Labute approximate surface area is 156 Å². The van der Waals surface area contributed by atoms with Crippen LogP contribution in [0.25, 0.3) is 0 Å². The molecule has 2 rings (SSSR count). The highest BCUT2D eigenvalue weighted by Gasteiger charge is 2.24. The van der Waals surface area contributed by atoms with E-state index in [9.17, 15) is 9.59 Å². The summed E-state index contributed by atoms with van der Waals surface area (Å²) >= 11 is 13.7. The Morgan fingerprint density at radius 2 is 1.71 bits per heavy atom. The van der Waals surface area contributed by atoms with Crippen molar-refractivity contribution in [1.29, 1.82) is 0 Å². The lowest BCUT2D eigenvalue weighted by Gasteiger charge is -2.34. The van der Waals surface area contributed by atoms with Crippen molar-refractivity contribution in [2.75, 3.05) is 38.5 Å². The maximum atomic E-state index is 12.3. The summed E-state index contributed by atoms with van der Waals surface area (Å²) in [6.45, 7) is 4.21. The van der Waals surface area contributed by atoms with E-state index in [-0.39, 0.29) is 12.0 Å². The number of amides is 2. The minimum atomic E-state index is -0.313. The molecule has 1 aliphatic rings. The standard InChI is InChI=1S/C16H20Cl2N2O3S/c1-2-23-16(22)20-8-6-19(7-9-20)15(21)11-24-10-12-13(17)4-3-5-14(12)18/h3-5H,2,6-11H2,1H3. The second-order valence-electron chi connectivity index (χ2n) is 5.26. The lowest BCUT2D eigenvalue weighted by Crippen LogP contribution is -2.51. The molecule has 1 fully saturated rings. The molecule has 24 heavy (non-hydrogen) atoms. The van der Waals surface area contributed by atoms with Crippen molar-refractivity contribution in [2.45, 2.75) is 12.7 Å². The van der Waals surface area contributed by atoms with Gasteiger partial charge in [-0.15, -0.1) is 11.8 Å². The maximum Gasteiger partial charge on any atom is 0.409 e. The van der Waals surface area contributed by atoms with Crippen LogP contribution in [0.1, 0.15) is 12.5 Å². The first-order chi connectivity index (χ1) is 11.5. The van der Waals surface area contributed by atoms with E-state index in [0.29, 0.717) is 54.3 Å². The summed E-state index contributed by atoms with van der Waals surface area (Å²) in [6.07, 6.45) is -0.313. The molecular weight excluding hydrogens is 371 g/mol. The molecule has 0 saturated carbocycles. The predicted octanol–water partition coefficient (Wildman–Crippen LogP) is 3.53. The van der Waals surface area contributed by atoms with Crippen molar-refractivity contribution in [3.05, 3.63) is 33.8 Å². The van der Waals surface area contributed by atoms with Crippen LogP contribution in [-0.4, -0.2) is 60.3 Å². The Morgan fingerprint density at radius 1 is 1.12 bits per heavy atom. The van der Waals surface area contributed by atoms with Crippen molar-refractivity contribution in [3.63, 3.8) is 0 Å². The molecule has 0 radical (unpaired) electrons. The number of rotatable bonds is 5. The molecule has 8 heteroatoms. The molecule has 0 unspecified atom stereocenters. The number of thioether (sulfide) groups is 1. The Bertz CT molecular complexity index is 572. The van der Waals surface area contributed by atoms with Crippen molar-refractivity contribution in [3.8, 4) is 0 Å². The molecule has 0 atom stereocenters. The molecule has 0 bridgehead atoms. The Hall–Kier alpha value is -1.11. The molecule has 1 aromatic carbocycles. The minimum Gasteiger partial charge on any atom is -0.450 e. The number of hydrogen-bond acceptors (Lipinski definition) is 4. The van der Waals surface area contributed by atoms with Crippen LogP contribution in [0.15, 0.2) is 18.2 Å². The summed E-state index contributed by atoms with van der Waals surface area (Å²) in [5.41, 5.74) is 0.853. The summed E-state index contributed by atoms with van der Waals surface area (Å²) in [6, 6.07) is 5.38. The number of carbonyl (C=O) groups excluding carboxylic acids is 2. The van der Waals surface area contributed by atoms with E-state index >= 15 is 0 Å². The molecular formula is C16H20Cl2N2O3S. The quantitative estimate of drug-likeness (QED) is 0.771. The molecule has 0 aromatic heterocycles. The molecule has 2 amide bonds. The molecule has 1 heterocycles. The van der Waals surface area contributed by atoms with E-state index in [1.54, 1.807) is 34.9 Å². The van der Waals surface area contributed by atoms with E-state index in [2.05, 4.69) is 0 Å². The maximum absolute atomic E-state index is 12.3. The first-order valence-electron chi connectivity index (χ1n) is 7.73. The molecule has 0 N–H and O–H groups in total. The highest BCUT2D eigenvalue weighted by molar-refractivity contribution is 7.99. The number of ether oxygens (including phenoxy) is 1. The fourth-order valence-corrected chi connectivity index (χ4v) is 4.02. The van der Waals surface area contributed by atoms with E-state index in [4.69, 9.17) is 27.9 Å². The summed E-state index contributed by atoms with van der Waals surface area (Å²) < 4.78 is 4.97. The van der Waals surface area contributed by atoms with Crippen molar-refractivity contribution in [2.24, 2.45) is 0 Å². The zero-order valence-corrected chi connectivity index (χ0v) is 15.8. The van der Waals surface area contributed by atoms with Gasteiger partial charge in [0, 0.05) is 42.0 Å². The zero-order chi connectivity index (χ0) is 17.5. The summed E-state index contributed by atoms with van der Waals surface area (Å²) in [5.74, 6) is 1.01. The van der Waals surface area contributed by atoms with Gasteiger partial charge in [0.1, 0.15) is 0 Å². The van der Waals surface area contributed by atoms with Gasteiger partial charge in [0.15, 0.2) is 0 Å². The van der Waals surface area contributed by atoms with Gasteiger partial charge in [-0.3, -0.25) is 4.79 Å². The number of nitrogens with zero attached hydrogens (tertiary/aromatic N) is 2. The first kappa shape index (κ1) is 19.2. The van der Waals surface area contributed by atoms with Crippen LogP contribution in [0, 0.1) is 0 Å². The van der Waals surface area contributed by atoms with Crippen LogP contribution in [0.3, 0.4) is 0 Å². The van der Waals surface area contributed by atoms with Crippen LogP contribution in [0.5, 0.6) is 0 Å². The van der Waals surface area contributed by atoms with E-state index in [0.717, 1.165) is 5.56 Å². The van der Waals surface area contributed by atoms with Crippen molar-refractivity contribution < 1.29 is 14.3 Å². The van der Waals surface area contributed by atoms with Gasteiger partial charge >= 0.3 is 6.09 Å². The third-order valence-electron chi connectivity index (χ3n) is 3.69. The van der Waals surface area contributed by atoms with Gasteiger partial charge in [-0.25, -0.2) is 4.79 Å². The third-order valence-corrected chi connectivity index (χ3v) is 5.34. The second-order valence-corrected chi connectivity index (χ2v) is 7.06. The number of carbonyl (C=O) groups is 2. The SMILES string of the molecule is CCOC(=O)N1CCN(C(=O)CSCc2c(Cl)cccc2Cl)CC1. The van der Waals surface area contributed by atoms with Gasteiger partial charge in [-0.05, 0) is 24.6 Å².